The van der Waals surface area contributed by atoms with Gasteiger partial charge in [0.15, 0.2) is 6.61 Å². The summed E-state index contributed by atoms with van der Waals surface area (Å²) in [5.74, 6) is -1.24. The molecule has 0 aliphatic heterocycles. The molecule has 130 valence electrons. The molecule has 0 aliphatic carbocycles. The van der Waals surface area contributed by atoms with Gasteiger partial charge in [-0.1, -0.05) is 24.3 Å². The van der Waals surface area contributed by atoms with Crippen molar-refractivity contribution in [2.24, 2.45) is 0 Å². The Kier molecular flexibility index (Phi) is 6.11. The fourth-order valence-corrected chi connectivity index (χ4v) is 1.99. The summed E-state index contributed by atoms with van der Waals surface area (Å²) in [5.41, 5.74) is 5.95. The molecule has 0 radical (unpaired) electrons. The molecular weight excluding hydrogens is 324 g/mol. The molecule has 2 rings (SSSR count). The van der Waals surface area contributed by atoms with Crippen LogP contribution in [-0.4, -0.2) is 31.5 Å². The minimum Gasteiger partial charge on any atom is -0.496 e. The van der Waals surface area contributed by atoms with E-state index in [1.54, 1.807) is 42.5 Å². The van der Waals surface area contributed by atoms with Crippen molar-refractivity contribution < 1.29 is 23.9 Å². The molecule has 0 fully saturated rings. The van der Waals surface area contributed by atoms with Crippen LogP contribution >= 0.6 is 0 Å². The zero-order chi connectivity index (χ0) is 18.2. The summed E-state index contributed by atoms with van der Waals surface area (Å²) in [6.45, 7) is 1.32. The molecule has 25 heavy (non-hydrogen) atoms. The van der Waals surface area contributed by atoms with E-state index in [1.165, 1.54) is 13.2 Å². The monoisotopic (exact) mass is 342 g/mol. The number of aryl methyl sites for hydroxylation is 1. The second kappa shape index (κ2) is 8.49. The average molecular weight is 342 g/mol. The first kappa shape index (κ1) is 18.0. The van der Waals surface area contributed by atoms with E-state index in [2.05, 4.69) is 10.9 Å². The minimum atomic E-state index is -0.664. The van der Waals surface area contributed by atoms with Crippen LogP contribution in [-0.2, 0) is 9.53 Å². The maximum Gasteiger partial charge on any atom is 0.338 e. The van der Waals surface area contributed by atoms with Crippen molar-refractivity contribution in [2.45, 2.75) is 6.92 Å². The molecule has 0 unspecified atom stereocenters. The predicted molar refractivity (Wildman–Crippen MR) is 90.1 cm³/mol. The molecule has 2 amide bonds. The summed E-state index contributed by atoms with van der Waals surface area (Å²) in [5, 5.41) is 0. The highest BCUT2D eigenvalue weighted by molar-refractivity contribution is 5.96. The Bertz CT molecular complexity index is 774. The van der Waals surface area contributed by atoms with Gasteiger partial charge in [-0.25, -0.2) is 4.79 Å². The van der Waals surface area contributed by atoms with Gasteiger partial charge in [0.1, 0.15) is 5.75 Å². The number of methoxy groups -OCH3 is 1. The normalized spacial score (nSPS) is 9.84. The fourth-order valence-electron chi connectivity index (χ4n) is 1.99. The lowest BCUT2D eigenvalue weighted by atomic mass is 10.1. The highest BCUT2D eigenvalue weighted by Crippen LogP contribution is 2.19. The van der Waals surface area contributed by atoms with Crippen molar-refractivity contribution in [3.8, 4) is 5.75 Å². The van der Waals surface area contributed by atoms with E-state index in [4.69, 9.17) is 9.47 Å². The van der Waals surface area contributed by atoms with E-state index in [-0.39, 0.29) is 5.56 Å². The lowest BCUT2D eigenvalue weighted by Crippen LogP contribution is -2.43. The van der Waals surface area contributed by atoms with E-state index in [9.17, 15) is 14.4 Å². The van der Waals surface area contributed by atoms with Gasteiger partial charge in [-0.2, -0.15) is 0 Å². The molecule has 0 bridgehead atoms. The summed E-state index contributed by atoms with van der Waals surface area (Å²) in [6, 6.07) is 13.2. The van der Waals surface area contributed by atoms with Crippen molar-refractivity contribution in [3.05, 3.63) is 65.2 Å². The molecule has 0 saturated carbocycles. The maximum atomic E-state index is 11.9. The van der Waals surface area contributed by atoms with Gasteiger partial charge < -0.3 is 9.47 Å². The number of hydrazine groups is 1. The second-order valence-electron chi connectivity index (χ2n) is 5.13. The number of amides is 2. The molecule has 2 N–H and O–H groups in total. The quantitative estimate of drug-likeness (QED) is 0.636. The van der Waals surface area contributed by atoms with Crippen LogP contribution in [0, 0.1) is 6.92 Å². The van der Waals surface area contributed by atoms with Gasteiger partial charge >= 0.3 is 5.97 Å². The number of rotatable bonds is 5. The molecule has 0 atom stereocenters. The predicted octanol–water partition coefficient (Wildman–Crippen LogP) is 1.62. The number of hydrogen-bond acceptors (Lipinski definition) is 5. The molecule has 0 aliphatic rings. The van der Waals surface area contributed by atoms with Crippen molar-refractivity contribution in [1.82, 2.24) is 10.9 Å². The Morgan fingerprint density at radius 2 is 1.68 bits per heavy atom. The third kappa shape index (κ3) is 5.07. The van der Waals surface area contributed by atoms with Crippen molar-refractivity contribution in [2.75, 3.05) is 13.7 Å². The third-order valence-electron chi connectivity index (χ3n) is 3.33. The molecule has 7 heteroatoms. The first-order valence-electron chi connectivity index (χ1n) is 7.47. The van der Waals surface area contributed by atoms with Gasteiger partial charge in [-0.05, 0) is 36.8 Å². The Labute approximate surface area is 144 Å². The number of hydrogen-bond donors (Lipinski definition) is 2. The van der Waals surface area contributed by atoms with Crippen LogP contribution in [0.3, 0.4) is 0 Å². The van der Waals surface area contributed by atoms with Crippen LogP contribution in [0.15, 0.2) is 48.5 Å². The minimum absolute atomic E-state index is 0.267. The standard InChI is InChI=1S/C18H18N2O5/c1-12-8-9-14(10-15(12)24-2)18(23)25-11-16(21)19-20-17(22)13-6-4-3-5-7-13/h3-10H,11H2,1-2H3,(H,19,21)(H,20,22). The second-order valence-corrected chi connectivity index (χ2v) is 5.13. The SMILES string of the molecule is COc1cc(C(=O)OCC(=O)NNC(=O)c2ccccc2)ccc1C. The van der Waals surface area contributed by atoms with Gasteiger partial charge in [0, 0.05) is 5.56 Å². The van der Waals surface area contributed by atoms with Crippen LogP contribution in [0.1, 0.15) is 26.3 Å². The van der Waals surface area contributed by atoms with Crippen molar-refractivity contribution in [1.29, 1.82) is 0 Å². The summed E-state index contributed by atoms with van der Waals surface area (Å²) in [4.78, 5) is 35.4. The number of ether oxygens (including phenoxy) is 2. The smallest absolute Gasteiger partial charge is 0.338 e. The highest BCUT2D eigenvalue weighted by Gasteiger charge is 2.13. The Hall–Kier alpha value is -3.35. The zero-order valence-corrected chi connectivity index (χ0v) is 13.9. The van der Waals surface area contributed by atoms with Gasteiger partial charge in [0.05, 0.1) is 12.7 Å². The van der Waals surface area contributed by atoms with Crippen molar-refractivity contribution in [3.63, 3.8) is 0 Å². The van der Waals surface area contributed by atoms with Crippen molar-refractivity contribution >= 4 is 17.8 Å². The summed E-state index contributed by atoms with van der Waals surface area (Å²) in [6.07, 6.45) is 0. The van der Waals surface area contributed by atoms with E-state index >= 15 is 0 Å². The molecule has 0 saturated heterocycles. The van der Waals surface area contributed by atoms with Crippen LogP contribution < -0.4 is 15.6 Å². The number of carbonyl (C=O) groups is 3. The van der Waals surface area contributed by atoms with Crippen LogP contribution in [0.5, 0.6) is 5.75 Å². The Morgan fingerprint density at radius 1 is 0.960 bits per heavy atom. The molecule has 0 spiro atoms. The largest absolute Gasteiger partial charge is 0.496 e. The number of nitrogens with one attached hydrogen (secondary N) is 2. The fraction of sp³-hybridized carbons (Fsp3) is 0.167. The molecule has 0 aromatic heterocycles. The Morgan fingerprint density at radius 3 is 2.36 bits per heavy atom. The third-order valence-corrected chi connectivity index (χ3v) is 3.33. The first-order valence-corrected chi connectivity index (χ1v) is 7.47. The van der Waals surface area contributed by atoms with Gasteiger partial charge in [-0.3, -0.25) is 20.4 Å². The summed E-state index contributed by atoms with van der Waals surface area (Å²) >= 11 is 0. The van der Waals surface area contributed by atoms with Gasteiger partial charge in [0.25, 0.3) is 11.8 Å². The van der Waals surface area contributed by atoms with E-state index in [0.29, 0.717) is 11.3 Å². The average Bonchev–Trinajstić information content (AvgIpc) is 2.65. The maximum absolute atomic E-state index is 11.9. The van der Waals surface area contributed by atoms with Crippen LogP contribution in [0.2, 0.25) is 0 Å². The lowest BCUT2D eigenvalue weighted by Gasteiger charge is -2.09. The highest BCUT2D eigenvalue weighted by atomic mass is 16.5. The first-order chi connectivity index (χ1) is 12.0. The molecule has 7 nitrogen and oxygen atoms in total. The van der Waals surface area contributed by atoms with Gasteiger partial charge in [0.2, 0.25) is 0 Å². The van der Waals surface area contributed by atoms with Crippen LogP contribution in [0.4, 0.5) is 0 Å². The summed E-state index contributed by atoms with van der Waals surface area (Å²) < 4.78 is 10.0. The summed E-state index contributed by atoms with van der Waals surface area (Å²) in [7, 11) is 1.50. The zero-order valence-electron chi connectivity index (χ0n) is 13.9. The van der Waals surface area contributed by atoms with E-state index < -0.39 is 24.4 Å². The Balaban J connectivity index is 1.81. The molecule has 2 aromatic carbocycles. The number of carbonyl (C=O) groups excluding carboxylic acids is 3. The molecular formula is C18H18N2O5. The number of benzene rings is 2. The van der Waals surface area contributed by atoms with E-state index in [0.717, 1.165) is 5.56 Å². The molecule has 0 heterocycles. The van der Waals surface area contributed by atoms with Crippen LogP contribution in [0.25, 0.3) is 0 Å². The topological polar surface area (TPSA) is 93.7 Å². The van der Waals surface area contributed by atoms with Gasteiger partial charge in [-0.15, -0.1) is 0 Å². The van der Waals surface area contributed by atoms with E-state index in [1.807, 2.05) is 6.92 Å². The lowest BCUT2D eigenvalue weighted by molar-refractivity contribution is -0.125. The number of esters is 1. The molecule has 2 aromatic rings.